The van der Waals surface area contributed by atoms with E-state index in [0.29, 0.717) is 21.8 Å². The lowest BCUT2D eigenvalue weighted by atomic mass is 9.99. The van der Waals surface area contributed by atoms with Crippen molar-refractivity contribution < 1.29 is 19.4 Å². The maximum absolute atomic E-state index is 11.9. The van der Waals surface area contributed by atoms with Gasteiger partial charge in [-0.05, 0) is 34.1 Å². The van der Waals surface area contributed by atoms with Crippen molar-refractivity contribution in [2.45, 2.75) is 12.0 Å². The van der Waals surface area contributed by atoms with Gasteiger partial charge in [-0.15, -0.1) is 0 Å². The van der Waals surface area contributed by atoms with Gasteiger partial charge in [-0.25, -0.2) is 9.59 Å². The molecule has 8 heteroatoms. The molecule has 2 rings (SSSR count). The van der Waals surface area contributed by atoms with E-state index < -0.39 is 17.5 Å². The van der Waals surface area contributed by atoms with E-state index in [1.807, 2.05) is 0 Å². The minimum absolute atomic E-state index is 0.0491. The Labute approximate surface area is 128 Å². The Kier molecular flexibility index (Phi) is 4.52. The number of benzene rings is 1. The third kappa shape index (κ3) is 3.23. The molecule has 20 heavy (non-hydrogen) atoms. The second-order valence-corrected chi connectivity index (χ2v) is 5.68. The van der Waals surface area contributed by atoms with Crippen LogP contribution in [0.3, 0.4) is 0 Å². The molecule has 1 aliphatic heterocycles. The van der Waals surface area contributed by atoms with E-state index in [0.717, 1.165) is 0 Å². The lowest BCUT2D eigenvalue weighted by molar-refractivity contribution is -0.144. The third-order valence-corrected chi connectivity index (χ3v) is 3.89. The van der Waals surface area contributed by atoms with E-state index in [1.54, 1.807) is 18.2 Å². The number of hydrogen-bond acceptors (Lipinski definition) is 3. The van der Waals surface area contributed by atoms with Crippen molar-refractivity contribution in [2.75, 3.05) is 18.5 Å². The van der Waals surface area contributed by atoms with Gasteiger partial charge in [0.2, 0.25) is 0 Å². The lowest BCUT2D eigenvalue weighted by Gasteiger charge is -2.24. The van der Waals surface area contributed by atoms with Crippen molar-refractivity contribution in [1.29, 1.82) is 0 Å². The number of halogens is 2. The highest BCUT2D eigenvalue weighted by atomic mass is 79.9. The largest absolute Gasteiger partial charge is 0.479 e. The molecular formula is C12H12BrClN2O4. The third-order valence-electron chi connectivity index (χ3n) is 2.96. The lowest BCUT2D eigenvalue weighted by Crippen LogP contribution is -2.56. The Bertz CT molecular complexity index is 546. The molecule has 1 heterocycles. The maximum atomic E-state index is 11.9. The number of rotatable bonds is 3. The smallest absolute Gasteiger partial charge is 0.332 e. The maximum Gasteiger partial charge on any atom is 0.332 e. The summed E-state index contributed by atoms with van der Waals surface area (Å²) in [5, 5.41) is 14.7. The Hall–Kier alpha value is -1.31. The van der Waals surface area contributed by atoms with Gasteiger partial charge in [-0.3, -0.25) is 0 Å². The van der Waals surface area contributed by atoms with Crippen LogP contribution in [0, 0.1) is 0 Å². The summed E-state index contributed by atoms with van der Waals surface area (Å²) in [6.45, 7) is 0.250. The van der Waals surface area contributed by atoms with Gasteiger partial charge in [0.1, 0.15) is 0 Å². The molecule has 0 saturated carbocycles. The highest BCUT2D eigenvalue weighted by Gasteiger charge is 2.44. The van der Waals surface area contributed by atoms with Crippen LogP contribution in [-0.4, -0.2) is 35.9 Å². The summed E-state index contributed by atoms with van der Waals surface area (Å²) < 4.78 is 5.70. The van der Waals surface area contributed by atoms with Crippen LogP contribution in [0.1, 0.15) is 6.42 Å². The predicted octanol–water partition coefficient (Wildman–Crippen LogP) is 2.47. The summed E-state index contributed by atoms with van der Waals surface area (Å²) in [6.07, 6.45) is 0.229. The predicted molar refractivity (Wildman–Crippen MR) is 77.1 cm³/mol. The van der Waals surface area contributed by atoms with Gasteiger partial charge in [0.25, 0.3) is 0 Å². The number of hydrogen-bond donors (Lipinski definition) is 3. The van der Waals surface area contributed by atoms with Crippen LogP contribution < -0.4 is 10.6 Å². The number of carboxylic acids is 1. The van der Waals surface area contributed by atoms with Crippen LogP contribution in [0.5, 0.6) is 0 Å². The first-order valence-corrected chi connectivity index (χ1v) is 6.95. The number of ether oxygens (including phenoxy) is 1. The average molecular weight is 364 g/mol. The van der Waals surface area contributed by atoms with E-state index in [9.17, 15) is 14.7 Å². The van der Waals surface area contributed by atoms with Crippen molar-refractivity contribution >= 4 is 45.2 Å². The van der Waals surface area contributed by atoms with Gasteiger partial charge >= 0.3 is 12.0 Å². The first-order valence-electron chi connectivity index (χ1n) is 5.78. The SMILES string of the molecule is O=C(Nc1cc(Cl)ccc1Br)NC1(C(=O)O)CCOC1. The zero-order chi connectivity index (χ0) is 14.8. The molecule has 6 nitrogen and oxygen atoms in total. The highest BCUT2D eigenvalue weighted by molar-refractivity contribution is 9.10. The molecule has 0 bridgehead atoms. The minimum Gasteiger partial charge on any atom is -0.479 e. The molecule has 1 atom stereocenters. The summed E-state index contributed by atoms with van der Waals surface area (Å²) in [5.74, 6) is -1.12. The molecule has 1 saturated heterocycles. The molecule has 1 aromatic rings. The number of anilines is 1. The fourth-order valence-electron chi connectivity index (χ4n) is 1.85. The van der Waals surface area contributed by atoms with Crippen molar-refractivity contribution in [3.63, 3.8) is 0 Å². The van der Waals surface area contributed by atoms with E-state index in [2.05, 4.69) is 26.6 Å². The first-order chi connectivity index (χ1) is 9.43. The van der Waals surface area contributed by atoms with E-state index >= 15 is 0 Å². The zero-order valence-corrected chi connectivity index (χ0v) is 12.6. The Balaban J connectivity index is 2.08. The summed E-state index contributed by atoms with van der Waals surface area (Å²) >= 11 is 9.11. The Morgan fingerprint density at radius 3 is 2.80 bits per heavy atom. The molecule has 0 spiro atoms. The standard InChI is InChI=1S/C12H12BrClN2O4/c13-8-2-1-7(14)5-9(8)15-11(19)16-12(10(17)18)3-4-20-6-12/h1-2,5H,3-4,6H2,(H,17,18)(H2,15,16,19). The summed E-state index contributed by atoms with van der Waals surface area (Å²) in [6, 6.07) is 4.28. The van der Waals surface area contributed by atoms with Crippen LogP contribution in [0.4, 0.5) is 10.5 Å². The number of carbonyl (C=O) groups is 2. The van der Waals surface area contributed by atoms with Crippen LogP contribution in [0.25, 0.3) is 0 Å². The fourth-order valence-corrected chi connectivity index (χ4v) is 2.37. The minimum atomic E-state index is -1.38. The van der Waals surface area contributed by atoms with Crippen LogP contribution in [0.2, 0.25) is 5.02 Å². The van der Waals surface area contributed by atoms with Crippen molar-refractivity contribution in [2.24, 2.45) is 0 Å². The second-order valence-electron chi connectivity index (χ2n) is 4.39. The zero-order valence-electron chi connectivity index (χ0n) is 10.3. The Morgan fingerprint density at radius 2 is 2.20 bits per heavy atom. The topological polar surface area (TPSA) is 87.7 Å². The number of aliphatic carboxylic acids is 1. The second kappa shape index (κ2) is 5.99. The van der Waals surface area contributed by atoms with Crippen molar-refractivity contribution in [3.8, 4) is 0 Å². The Morgan fingerprint density at radius 1 is 1.45 bits per heavy atom. The van der Waals surface area contributed by atoms with Crippen molar-refractivity contribution in [3.05, 3.63) is 27.7 Å². The number of urea groups is 1. The van der Waals surface area contributed by atoms with E-state index in [-0.39, 0.29) is 13.0 Å². The number of amides is 2. The molecular weight excluding hydrogens is 351 g/mol. The number of nitrogens with one attached hydrogen (secondary N) is 2. The monoisotopic (exact) mass is 362 g/mol. The van der Waals surface area contributed by atoms with Gasteiger partial charge in [0, 0.05) is 22.5 Å². The highest BCUT2D eigenvalue weighted by Crippen LogP contribution is 2.26. The summed E-state index contributed by atoms with van der Waals surface area (Å²) in [4.78, 5) is 23.2. The molecule has 0 radical (unpaired) electrons. The molecule has 1 unspecified atom stereocenters. The fraction of sp³-hybridized carbons (Fsp3) is 0.333. The normalized spacial score (nSPS) is 21.5. The van der Waals surface area contributed by atoms with Crippen LogP contribution in [-0.2, 0) is 9.53 Å². The molecule has 1 fully saturated rings. The molecule has 2 amide bonds. The van der Waals surface area contributed by atoms with E-state index in [1.165, 1.54) is 0 Å². The van der Waals surface area contributed by atoms with Gasteiger partial charge in [0.15, 0.2) is 5.54 Å². The molecule has 1 aliphatic rings. The van der Waals surface area contributed by atoms with Gasteiger partial charge < -0.3 is 20.5 Å². The van der Waals surface area contributed by atoms with E-state index in [4.69, 9.17) is 16.3 Å². The van der Waals surface area contributed by atoms with Crippen LogP contribution in [0.15, 0.2) is 22.7 Å². The quantitative estimate of drug-likeness (QED) is 0.770. The molecule has 0 aromatic heterocycles. The molecule has 0 aliphatic carbocycles. The first kappa shape index (κ1) is 15.1. The molecule has 3 N–H and O–H groups in total. The number of carboxylic acid groups (broad SMARTS) is 1. The van der Waals surface area contributed by atoms with Crippen LogP contribution >= 0.6 is 27.5 Å². The van der Waals surface area contributed by atoms with Gasteiger partial charge in [-0.1, -0.05) is 11.6 Å². The average Bonchev–Trinajstić information content (AvgIpc) is 2.83. The molecule has 108 valence electrons. The number of carbonyl (C=O) groups excluding carboxylic acids is 1. The van der Waals surface area contributed by atoms with Gasteiger partial charge in [0.05, 0.1) is 12.3 Å². The summed E-state index contributed by atoms with van der Waals surface area (Å²) in [7, 11) is 0. The summed E-state index contributed by atoms with van der Waals surface area (Å²) in [5.41, 5.74) is -0.927. The van der Waals surface area contributed by atoms with Gasteiger partial charge in [-0.2, -0.15) is 0 Å². The van der Waals surface area contributed by atoms with Crippen molar-refractivity contribution in [1.82, 2.24) is 5.32 Å². The molecule has 1 aromatic carbocycles.